The van der Waals surface area contributed by atoms with E-state index in [1.54, 1.807) is 14.2 Å². The molecule has 108 valence electrons. The number of nitrogens with one attached hydrogen (secondary N) is 1. The van der Waals surface area contributed by atoms with E-state index in [4.69, 9.17) is 9.47 Å². The zero-order valence-corrected chi connectivity index (χ0v) is 13.3. The van der Waals surface area contributed by atoms with E-state index in [1.165, 1.54) is 15.3 Å². The lowest BCUT2D eigenvalue weighted by atomic mass is 10.2. The fourth-order valence-electron chi connectivity index (χ4n) is 2.04. The van der Waals surface area contributed by atoms with Crippen LogP contribution in [-0.2, 0) is 13.1 Å². The van der Waals surface area contributed by atoms with Gasteiger partial charge in [0.15, 0.2) is 0 Å². The van der Waals surface area contributed by atoms with E-state index in [0.717, 1.165) is 30.2 Å². The van der Waals surface area contributed by atoms with Crippen molar-refractivity contribution in [2.24, 2.45) is 0 Å². The molecule has 1 aromatic carbocycles. The van der Waals surface area contributed by atoms with Crippen molar-refractivity contribution in [3.8, 4) is 11.5 Å². The third kappa shape index (κ3) is 3.74. The molecule has 4 heteroatoms. The first kappa shape index (κ1) is 14.9. The summed E-state index contributed by atoms with van der Waals surface area (Å²) in [4.78, 5) is 2.76. The molecule has 0 aliphatic heterocycles. The maximum atomic E-state index is 5.28. The van der Waals surface area contributed by atoms with Crippen LogP contribution < -0.4 is 14.8 Å². The van der Waals surface area contributed by atoms with Crippen LogP contribution in [0.15, 0.2) is 24.3 Å². The lowest BCUT2D eigenvalue weighted by Gasteiger charge is -2.09. The topological polar surface area (TPSA) is 30.5 Å². The minimum Gasteiger partial charge on any atom is -0.497 e. The molecule has 20 heavy (non-hydrogen) atoms. The smallest absolute Gasteiger partial charge is 0.122 e. The van der Waals surface area contributed by atoms with Crippen LogP contribution in [0, 0.1) is 13.8 Å². The largest absolute Gasteiger partial charge is 0.497 e. The van der Waals surface area contributed by atoms with Gasteiger partial charge in [0.1, 0.15) is 11.5 Å². The number of rotatable bonds is 6. The van der Waals surface area contributed by atoms with Crippen LogP contribution in [0.3, 0.4) is 0 Å². The molecular weight excluding hydrogens is 270 g/mol. The number of benzene rings is 1. The maximum absolute atomic E-state index is 5.28. The summed E-state index contributed by atoms with van der Waals surface area (Å²) in [6.07, 6.45) is 0. The molecule has 0 fully saturated rings. The van der Waals surface area contributed by atoms with E-state index in [9.17, 15) is 0 Å². The van der Waals surface area contributed by atoms with Gasteiger partial charge in [0.25, 0.3) is 0 Å². The Balaban J connectivity index is 1.96. The Morgan fingerprint density at radius 2 is 1.60 bits per heavy atom. The molecule has 0 atom stereocenters. The van der Waals surface area contributed by atoms with Crippen molar-refractivity contribution in [2.75, 3.05) is 14.2 Å². The number of thiophene rings is 1. The van der Waals surface area contributed by atoms with Gasteiger partial charge in [-0.3, -0.25) is 0 Å². The van der Waals surface area contributed by atoms with E-state index in [1.807, 2.05) is 29.5 Å². The average Bonchev–Trinajstić information content (AvgIpc) is 2.77. The highest BCUT2D eigenvalue weighted by molar-refractivity contribution is 7.12. The fraction of sp³-hybridized carbons (Fsp3) is 0.375. The van der Waals surface area contributed by atoms with Gasteiger partial charge in [-0.2, -0.15) is 0 Å². The lowest BCUT2D eigenvalue weighted by Crippen LogP contribution is -2.11. The Morgan fingerprint density at radius 3 is 2.10 bits per heavy atom. The fourth-order valence-corrected chi connectivity index (χ4v) is 3.06. The van der Waals surface area contributed by atoms with Crippen LogP contribution >= 0.6 is 11.3 Å². The summed E-state index contributed by atoms with van der Waals surface area (Å²) in [5, 5.41) is 3.46. The van der Waals surface area contributed by atoms with E-state index >= 15 is 0 Å². The molecule has 0 bridgehead atoms. The summed E-state index contributed by atoms with van der Waals surface area (Å²) >= 11 is 1.85. The molecule has 0 aliphatic rings. The first-order valence-corrected chi connectivity index (χ1v) is 7.42. The Hall–Kier alpha value is -1.52. The van der Waals surface area contributed by atoms with Crippen molar-refractivity contribution < 1.29 is 9.47 Å². The van der Waals surface area contributed by atoms with Crippen molar-refractivity contribution in [1.82, 2.24) is 5.32 Å². The SMILES string of the molecule is COc1cc(CNCc2cc(C)c(C)s2)cc(OC)c1. The van der Waals surface area contributed by atoms with E-state index in [2.05, 4.69) is 25.2 Å². The zero-order valence-electron chi connectivity index (χ0n) is 12.4. The summed E-state index contributed by atoms with van der Waals surface area (Å²) < 4.78 is 10.6. The second-order valence-electron chi connectivity index (χ2n) is 4.78. The van der Waals surface area contributed by atoms with Crippen LogP contribution in [0.1, 0.15) is 20.9 Å². The molecule has 0 spiro atoms. The molecule has 0 aliphatic carbocycles. The Morgan fingerprint density at radius 1 is 0.950 bits per heavy atom. The van der Waals surface area contributed by atoms with Gasteiger partial charge in [-0.15, -0.1) is 11.3 Å². The molecule has 3 nitrogen and oxygen atoms in total. The molecular formula is C16H21NO2S. The summed E-state index contributed by atoms with van der Waals surface area (Å²) in [6.45, 7) is 6.00. The monoisotopic (exact) mass is 291 g/mol. The highest BCUT2D eigenvalue weighted by Crippen LogP contribution is 2.23. The molecule has 0 unspecified atom stereocenters. The normalized spacial score (nSPS) is 10.6. The molecule has 0 radical (unpaired) electrons. The van der Waals surface area contributed by atoms with Gasteiger partial charge in [-0.1, -0.05) is 0 Å². The Bertz CT molecular complexity index is 536. The van der Waals surface area contributed by atoms with Gasteiger partial charge in [0, 0.05) is 28.9 Å². The van der Waals surface area contributed by atoms with Gasteiger partial charge in [0.2, 0.25) is 0 Å². The van der Waals surface area contributed by atoms with Gasteiger partial charge >= 0.3 is 0 Å². The summed E-state index contributed by atoms with van der Waals surface area (Å²) in [5.41, 5.74) is 2.53. The van der Waals surface area contributed by atoms with Crippen molar-refractivity contribution in [3.05, 3.63) is 45.1 Å². The minimum absolute atomic E-state index is 0.795. The third-order valence-corrected chi connectivity index (χ3v) is 4.41. The zero-order chi connectivity index (χ0) is 14.5. The number of methoxy groups -OCH3 is 2. The number of hydrogen-bond donors (Lipinski definition) is 1. The highest BCUT2D eigenvalue weighted by Gasteiger charge is 2.04. The van der Waals surface area contributed by atoms with E-state index < -0.39 is 0 Å². The standard InChI is InChI=1S/C16H21NO2S/c1-11-5-16(20-12(11)2)10-17-9-13-6-14(18-3)8-15(7-13)19-4/h5-8,17H,9-10H2,1-4H3. The third-order valence-electron chi connectivity index (χ3n) is 3.26. The van der Waals surface area contributed by atoms with Crippen LogP contribution in [0.4, 0.5) is 0 Å². The number of hydrogen-bond acceptors (Lipinski definition) is 4. The lowest BCUT2D eigenvalue weighted by molar-refractivity contribution is 0.393. The molecule has 2 aromatic rings. The second kappa shape index (κ2) is 6.77. The van der Waals surface area contributed by atoms with Gasteiger partial charge < -0.3 is 14.8 Å². The minimum atomic E-state index is 0.795. The first-order chi connectivity index (χ1) is 9.62. The molecule has 0 saturated carbocycles. The average molecular weight is 291 g/mol. The van der Waals surface area contributed by atoms with E-state index in [0.29, 0.717) is 0 Å². The van der Waals surface area contributed by atoms with Gasteiger partial charge in [0.05, 0.1) is 14.2 Å². The van der Waals surface area contributed by atoms with Crippen LogP contribution in [0.25, 0.3) is 0 Å². The molecule has 0 amide bonds. The van der Waals surface area contributed by atoms with Crippen molar-refractivity contribution in [1.29, 1.82) is 0 Å². The molecule has 1 heterocycles. The van der Waals surface area contributed by atoms with Crippen LogP contribution in [0.5, 0.6) is 11.5 Å². The molecule has 0 saturated heterocycles. The predicted molar refractivity (Wildman–Crippen MR) is 83.9 cm³/mol. The molecule has 2 rings (SSSR count). The van der Waals surface area contributed by atoms with E-state index in [-0.39, 0.29) is 0 Å². The maximum Gasteiger partial charge on any atom is 0.122 e. The highest BCUT2D eigenvalue weighted by atomic mass is 32.1. The van der Waals surface area contributed by atoms with Crippen molar-refractivity contribution >= 4 is 11.3 Å². The number of aryl methyl sites for hydroxylation is 2. The van der Waals surface area contributed by atoms with Crippen molar-refractivity contribution in [3.63, 3.8) is 0 Å². The van der Waals surface area contributed by atoms with Crippen LogP contribution in [-0.4, -0.2) is 14.2 Å². The first-order valence-electron chi connectivity index (χ1n) is 6.61. The molecule has 1 N–H and O–H groups in total. The Kier molecular flexibility index (Phi) is 5.04. The quantitative estimate of drug-likeness (QED) is 0.881. The summed E-state index contributed by atoms with van der Waals surface area (Å²) in [5.74, 6) is 1.65. The van der Waals surface area contributed by atoms with Crippen LogP contribution in [0.2, 0.25) is 0 Å². The predicted octanol–water partition coefficient (Wildman–Crippen LogP) is 3.67. The van der Waals surface area contributed by atoms with Crippen molar-refractivity contribution in [2.45, 2.75) is 26.9 Å². The number of ether oxygens (including phenoxy) is 2. The second-order valence-corrected chi connectivity index (χ2v) is 6.12. The van der Waals surface area contributed by atoms with Gasteiger partial charge in [-0.05, 0) is 43.2 Å². The summed E-state index contributed by atoms with van der Waals surface area (Å²) in [7, 11) is 3.34. The molecule has 1 aromatic heterocycles. The van der Waals surface area contributed by atoms with Gasteiger partial charge in [-0.25, -0.2) is 0 Å². The Labute approximate surface area is 124 Å². The summed E-state index contributed by atoms with van der Waals surface area (Å²) in [6, 6.07) is 8.19.